The Bertz CT molecular complexity index is 740. The molecule has 0 spiro atoms. The molecular weight excluding hydrogens is 358 g/mol. The molecular formula is C19H22ClNO5. The van der Waals surface area contributed by atoms with Gasteiger partial charge in [-0.2, -0.15) is 0 Å². The third kappa shape index (κ3) is 4.73. The summed E-state index contributed by atoms with van der Waals surface area (Å²) in [6.07, 6.45) is -0.697. The summed E-state index contributed by atoms with van der Waals surface area (Å²) in [7, 11) is 4.62. The second kappa shape index (κ2) is 9.20. The van der Waals surface area contributed by atoms with Gasteiger partial charge >= 0.3 is 0 Å². The van der Waals surface area contributed by atoms with Crippen molar-refractivity contribution in [3.8, 4) is 23.0 Å². The topological polar surface area (TPSA) is 66.0 Å². The molecule has 0 saturated carbocycles. The monoisotopic (exact) mass is 379 g/mol. The molecule has 0 aromatic heterocycles. The molecule has 2 rings (SSSR count). The molecule has 0 saturated heterocycles. The van der Waals surface area contributed by atoms with Gasteiger partial charge in [0, 0.05) is 6.54 Å². The number of methoxy groups -OCH3 is 3. The van der Waals surface area contributed by atoms with Gasteiger partial charge in [0.1, 0.15) is 5.75 Å². The predicted molar refractivity (Wildman–Crippen MR) is 99.5 cm³/mol. The molecule has 140 valence electrons. The lowest BCUT2D eigenvalue weighted by Crippen LogP contribution is -2.35. The Morgan fingerprint density at radius 3 is 2.19 bits per heavy atom. The minimum atomic E-state index is -0.697. The number of halogens is 1. The maximum absolute atomic E-state index is 12.3. The van der Waals surface area contributed by atoms with E-state index in [0.29, 0.717) is 28.0 Å². The minimum Gasteiger partial charge on any atom is -0.493 e. The largest absolute Gasteiger partial charge is 0.493 e. The normalized spacial score (nSPS) is 11.4. The summed E-state index contributed by atoms with van der Waals surface area (Å²) in [6.45, 7) is 1.94. The molecule has 6 nitrogen and oxygen atoms in total. The first-order chi connectivity index (χ1) is 12.5. The summed E-state index contributed by atoms with van der Waals surface area (Å²) in [5.41, 5.74) is 0.804. The average molecular weight is 380 g/mol. The number of benzene rings is 2. The maximum Gasteiger partial charge on any atom is 0.261 e. The van der Waals surface area contributed by atoms with E-state index in [-0.39, 0.29) is 12.5 Å². The number of amides is 1. The van der Waals surface area contributed by atoms with Crippen molar-refractivity contribution in [2.45, 2.75) is 19.6 Å². The standard InChI is InChI=1S/C19H22ClNO5/c1-12(26-15-8-6-5-7-14(15)20)19(22)21-11-13-9-16(23-2)18(25-4)17(10-13)24-3/h5-10,12H,11H2,1-4H3,(H,21,22). The van der Waals surface area contributed by atoms with Crippen LogP contribution in [0.25, 0.3) is 0 Å². The molecule has 0 aliphatic carbocycles. The van der Waals surface area contributed by atoms with Crippen LogP contribution in [0.2, 0.25) is 5.02 Å². The zero-order valence-corrected chi connectivity index (χ0v) is 15.9. The minimum absolute atomic E-state index is 0.265. The van der Waals surface area contributed by atoms with Gasteiger partial charge in [0.25, 0.3) is 5.91 Å². The second-order valence-corrected chi connectivity index (χ2v) is 5.85. The Kier molecular flexibility index (Phi) is 6.97. The quantitative estimate of drug-likeness (QED) is 0.761. The first-order valence-electron chi connectivity index (χ1n) is 7.98. The summed E-state index contributed by atoms with van der Waals surface area (Å²) in [5, 5.41) is 3.27. The van der Waals surface area contributed by atoms with Gasteiger partial charge in [-0.1, -0.05) is 23.7 Å². The van der Waals surface area contributed by atoms with Crippen LogP contribution in [-0.4, -0.2) is 33.3 Å². The fourth-order valence-corrected chi connectivity index (χ4v) is 2.53. The van der Waals surface area contributed by atoms with Crippen molar-refractivity contribution in [2.24, 2.45) is 0 Å². The van der Waals surface area contributed by atoms with Crippen LogP contribution in [0.15, 0.2) is 36.4 Å². The molecule has 1 N–H and O–H groups in total. The zero-order valence-electron chi connectivity index (χ0n) is 15.2. The highest BCUT2D eigenvalue weighted by molar-refractivity contribution is 6.32. The Morgan fingerprint density at radius 2 is 1.65 bits per heavy atom. The van der Waals surface area contributed by atoms with Gasteiger partial charge in [-0.15, -0.1) is 0 Å². The van der Waals surface area contributed by atoms with Crippen LogP contribution in [0.5, 0.6) is 23.0 Å². The summed E-state index contributed by atoms with van der Waals surface area (Å²) in [4.78, 5) is 12.3. The van der Waals surface area contributed by atoms with Crippen LogP contribution < -0.4 is 24.3 Å². The van der Waals surface area contributed by atoms with Gasteiger partial charge in [-0.05, 0) is 36.8 Å². The van der Waals surface area contributed by atoms with Gasteiger partial charge in [0.05, 0.1) is 26.4 Å². The molecule has 0 aliphatic heterocycles. The number of carbonyl (C=O) groups excluding carboxylic acids is 1. The van der Waals surface area contributed by atoms with Crippen LogP contribution in [0.3, 0.4) is 0 Å². The van der Waals surface area contributed by atoms with Crippen molar-refractivity contribution in [1.82, 2.24) is 5.32 Å². The van der Waals surface area contributed by atoms with E-state index in [2.05, 4.69) is 5.32 Å². The molecule has 1 amide bonds. The predicted octanol–water partition coefficient (Wildman–Crippen LogP) is 3.45. The fourth-order valence-electron chi connectivity index (χ4n) is 2.35. The fraction of sp³-hybridized carbons (Fsp3) is 0.316. The van der Waals surface area contributed by atoms with Crippen molar-refractivity contribution in [2.75, 3.05) is 21.3 Å². The summed E-state index contributed by atoms with van der Waals surface area (Å²) in [6, 6.07) is 10.6. The molecule has 1 unspecified atom stereocenters. The second-order valence-electron chi connectivity index (χ2n) is 5.44. The summed E-state index contributed by atoms with van der Waals surface area (Å²) < 4.78 is 21.5. The van der Waals surface area contributed by atoms with Crippen LogP contribution in [-0.2, 0) is 11.3 Å². The van der Waals surface area contributed by atoms with Gasteiger partial charge in [-0.3, -0.25) is 4.79 Å². The highest BCUT2D eigenvalue weighted by Gasteiger charge is 2.17. The molecule has 0 fully saturated rings. The molecule has 26 heavy (non-hydrogen) atoms. The summed E-state index contributed by atoms with van der Waals surface area (Å²) >= 11 is 6.04. The molecule has 1 atom stereocenters. The number of hydrogen-bond acceptors (Lipinski definition) is 5. The lowest BCUT2D eigenvalue weighted by atomic mass is 10.1. The van der Waals surface area contributed by atoms with E-state index in [9.17, 15) is 4.79 Å². The van der Waals surface area contributed by atoms with E-state index in [0.717, 1.165) is 5.56 Å². The van der Waals surface area contributed by atoms with Gasteiger partial charge in [-0.25, -0.2) is 0 Å². The van der Waals surface area contributed by atoms with Crippen LogP contribution in [0.1, 0.15) is 12.5 Å². The van der Waals surface area contributed by atoms with Crippen molar-refractivity contribution in [3.63, 3.8) is 0 Å². The molecule has 0 heterocycles. The SMILES string of the molecule is COc1cc(CNC(=O)C(C)Oc2ccccc2Cl)cc(OC)c1OC. The van der Waals surface area contributed by atoms with Crippen molar-refractivity contribution in [3.05, 3.63) is 47.0 Å². The molecule has 2 aromatic rings. The van der Waals surface area contributed by atoms with Crippen LogP contribution in [0.4, 0.5) is 0 Å². The third-order valence-electron chi connectivity index (χ3n) is 3.70. The van der Waals surface area contributed by atoms with Gasteiger partial charge in [0.15, 0.2) is 17.6 Å². The molecule has 2 aromatic carbocycles. The van der Waals surface area contributed by atoms with Crippen molar-refractivity contribution < 1.29 is 23.7 Å². The highest BCUT2D eigenvalue weighted by atomic mass is 35.5. The third-order valence-corrected chi connectivity index (χ3v) is 4.01. The van der Waals surface area contributed by atoms with E-state index in [1.54, 1.807) is 57.5 Å². The highest BCUT2D eigenvalue weighted by Crippen LogP contribution is 2.38. The first kappa shape index (κ1) is 19.7. The summed E-state index contributed by atoms with van der Waals surface area (Å²) in [5.74, 6) is 1.75. The first-order valence-corrected chi connectivity index (χ1v) is 8.35. The van der Waals surface area contributed by atoms with Gasteiger partial charge in [0.2, 0.25) is 5.75 Å². The molecule has 7 heteroatoms. The smallest absolute Gasteiger partial charge is 0.261 e. The molecule has 0 radical (unpaired) electrons. The Labute approximate surface area is 158 Å². The number of nitrogens with one attached hydrogen (secondary N) is 1. The molecule has 0 aliphatic rings. The molecule has 0 bridgehead atoms. The Morgan fingerprint density at radius 1 is 1.04 bits per heavy atom. The lowest BCUT2D eigenvalue weighted by Gasteiger charge is -2.17. The maximum atomic E-state index is 12.3. The van der Waals surface area contributed by atoms with E-state index in [1.807, 2.05) is 0 Å². The number of ether oxygens (including phenoxy) is 4. The van der Waals surface area contributed by atoms with Gasteiger partial charge < -0.3 is 24.3 Å². The van der Waals surface area contributed by atoms with E-state index < -0.39 is 6.10 Å². The number of rotatable bonds is 8. The number of para-hydroxylation sites is 1. The van der Waals surface area contributed by atoms with E-state index >= 15 is 0 Å². The number of hydrogen-bond donors (Lipinski definition) is 1. The van der Waals surface area contributed by atoms with Crippen LogP contribution >= 0.6 is 11.6 Å². The van der Waals surface area contributed by atoms with Crippen molar-refractivity contribution >= 4 is 17.5 Å². The van der Waals surface area contributed by atoms with E-state index in [1.165, 1.54) is 7.11 Å². The Hall–Kier alpha value is -2.60. The lowest BCUT2D eigenvalue weighted by molar-refractivity contribution is -0.127. The number of carbonyl (C=O) groups is 1. The Balaban J connectivity index is 2.03. The van der Waals surface area contributed by atoms with E-state index in [4.69, 9.17) is 30.5 Å². The van der Waals surface area contributed by atoms with Crippen LogP contribution in [0, 0.1) is 0 Å². The van der Waals surface area contributed by atoms with Crippen molar-refractivity contribution in [1.29, 1.82) is 0 Å². The average Bonchev–Trinajstić information content (AvgIpc) is 2.66. The zero-order chi connectivity index (χ0) is 19.1.